The molecule has 0 unspecified atom stereocenters. The molecule has 0 bridgehead atoms. The smallest absolute Gasteiger partial charge is 0.419 e. The maximum atomic E-state index is 14.1. The summed E-state index contributed by atoms with van der Waals surface area (Å²) in [6, 6.07) is 7.94. The molecule has 2 aliphatic rings. The van der Waals surface area contributed by atoms with E-state index in [0.29, 0.717) is 49.1 Å². The van der Waals surface area contributed by atoms with E-state index < -0.39 is 17.2 Å². The number of anilines is 1. The topological polar surface area (TPSA) is 73.2 Å². The number of hydrogen-bond acceptors (Lipinski definition) is 6. The molecule has 0 N–H and O–H groups in total. The van der Waals surface area contributed by atoms with Crippen molar-refractivity contribution in [3.63, 3.8) is 0 Å². The maximum absolute atomic E-state index is 14.1. The minimum Gasteiger partial charge on any atom is -0.496 e. The van der Waals surface area contributed by atoms with Gasteiger partial charge in [0.2, 0.25) is 0 Å². The summed E-state index contributed by atoms with van der Waals surface area (Å²) in [5, 5.41) is 0. The number of carbonyl (C=O) groups is 2. The van der Waals surface area contributed by atoms with E-state index in [9.17, 15) is 9.59 Å². The molecule has 8 heteroatoms. The molecule has 0 atom stereocenters. The summed E-state index contributed by atoms with van der Waals surface area (Å²) >= 11 is 0. The number of amides is 1. The third-order valence-electron chi connectivity index (χ3n) is 7.80. The number of aromatic nitrogens is 1. The lowest BCUT2D eigenvalue weighted by Crippen LogP contribution is -2.56. The van der Waals surface area contributed by atoms with Crippen LogP contribution in [0, 0.1) is 5.92 Å². The highest BCUT2D eigenvalue weighted by molar-refractivity contribution is 5.97. The average molecular weight is 578 g/mol. The van der Waals surface area contributed by atoms with Crippen molar-refractivity contribution in [2.45, 2.75) is 85.8 Å². The van der Waals surface area contributed by atoms with Crippen molar-refractivity contribution in [1.82, 2.24) is 9.47 Å². The Morgan fingerprint density at radius 2 is 1.88 bits per heavy atom. The Kier molecular flexibility index (Phi) is 8.97. The second-order valence-electron chi connectivity index (χ2n) is 13.3. The number of ether oxygens (including phenoxy) is 3. The number of aryl methyl sites for hydroxylation is 1. The first-order valence-corrected chi connectivity index (χ1v) is 14.8. The molecular weight excluding hydrogens is 530 g/mol. The summed E-state index contributed by atoms with van der Waals surface area (Å²) in [6.45, 7) is 21.9. The molecule has 0 radical (unpaired) electrons. The van der Waals surface area contributed by atoms with Crippen molar-refractivity contribution in [2.24, 2.45) is 5.92 Å². The van der Waals surface area contributed by atoms with Crippen LogP contribution in [0.25, 0.3) is 5.70 Å². The van der Waals surface area contributed by atoms with Gasteiger partial charge in [-0.3, -0.25) is 9.36 Å². The summed E-state index contributed by atoms with van der Waals surface area (Å²) in [6.07, 6.45) is 3.43. The summed E-state index contributed by atoms with van der Waals surface area (Å²) < 4.78 is 18.7. The van der Waals surface area contributed by atoms with Crippen LogP contribution in [-0.4, -0.2) is 59.5 Å². The van der Waals surface area contributed by atoms with Crippen molar-refractivity contribution in [1.29, 1.82) is 0 Å². The molecule has 42 heavy (non-hydrogen) atoms. The Bertz CT molecular complexity index is 1390. The molecule has 3 heterocycles. The monoisotopic (exact) mass is 577 g/mol. The van der Waals surface area contributed by atoms with E-state index >= 15 is 0 Å². The lowest BCUT2D eigenvalue weighted by atomic mass is 9.91. The molecule has 0 saturated carbocycles. The predicted octanol–water partition coefficient (Wildman–Crippen LogP) is 6.81. The van der Waals surface area contributed by atoms with Gasteiger partial charge in [0.15, 0.2) is 0 Å². The van der Waals surface area contributed by atoms with Crippen LogP contribution < -0.4 is 9.64 Å². The lowest BCUT2D eigenvalue weighted by Gasteiger charge is -2.43. The quantitative estimate of drug-likeness (QED) is 0.351. The van der Waals surface area contributed by atoms with Crippen LogP contribution in [0.4, 0.5) is 10.5 Å². The van der Waals surface area contributed by atoms with Crippen molar-refractivity contribution in [3.8, 4) is 5.75 Å². The van der Waals surface area contributed by atoms with E-state index in [0.717, 1.165) is 41.1 Å². The summed E-state index contributed by atoms with van der Waals surface area (Å²) in [5.41, 5.74) is 4.79. The molecule has 228 valence electrons. The number of nitrogens with zero attached hydrogens (tertiary/aromatic N) is 3. The Morgan fingerprint density at radius 1 is 1.17 bits per heavy atom. The summed E-state index contributed by atoms with van der Waals surface area (Å²) in [5.74, 6) is 1.27. The van der Waals surface area contributed by atoms with E-state index in [1.54, 1.807) is 13.3 Å². The van der Waals surface area contributed by atoms with Crippen molar-refractivity contribution < 1.29 is 23.8 Å². The molecule has 1 aromatic carbocycles. The fraction of sp³-hybridized carbons (Fsp3) is 0.529. The first-order valence-electron chi connectivity index (χ1n) is 14.8. The molecule has 1 aromatic heterocycles. The largest absolute Gasteiger partial charge is 0.496 e. The average Bonchev–Trinajstić information content (AvgIpc) is 3.40. The van der Waals surface area contributed by atoms with Crippen molar-refractivity contribution >= 4 is 23.4 Å². The number of benzene rings is 1. The van der Waals surface area contributed by atoms with Gasteiger partial charge < -0.3 is 24.0 Å². The highest BCUT2D eigenvalue weighted by Crippen LogP contribution is 2.43. The molecule has 2 aromatic rings. The van der Waals surface area contributed by atoms with Gasteiger partial charge >= 0.3 is 6.09 Å². The Balaban J connectivity index is 1.88. The SMILES string of the molecule is C=C(c1cccn1C(=O)OC(C)(C)C)N1/C(=C(\C)C(=O)N2CCOCC2(C)C)CCc2cc(OC)c(CC(C)C)cc21. The second kappa shape index (κ2) is 12.0. The van der Waals surface area contributed by atoms with Crippen LogP contribution in [-0.2, 0) is 27.1 Å². The van der Waals surface area contributed by atoms with Gasteiger partial charge in [0.1, 0.15) is 11.4 Å². The van der Waals surface area contributed by atoms with Gasteiger partial charge in [-0.2, -0.15) is 0 Å². The van der Waals surface area contributed by atoms with Crippen molar-refractivity contribution in [3.05, 3.63) is 65.1 Å². The van der Waals surface area contributed by atoms with E-state index in [1.165, 1.54) is 4.57 Å². The minimum atomic E-state index is -0.654. The van der Waals surface area contributed by atoms with E-state index in [4.69, 9.17) is 14.2 Å². The van der Waals surface area contributed by atoms with Crippen molar-refractivity contribution in [2.75, 3.05) is 31.8 Å². The molecule has 0 aliphatic carbocycles. The van der Waals surface area contributed by atoms with Crippen LogP contribution in [0.15, 0.2) is 48.3 Å². The third kappa shape index (κ3) is 6.43. The van der Waals surface area contributed by atoms with Crippen LogP contribution in [0.5, 0.6) is 5.75 Å². The number of fused-ring (bicyclic) bond motifs is 1. The summed E-state index contributed by atoms with van der Waals surface area (Å²) in [4.78, 5) is 31.3. The number of carbonyl (C=O) groups excluding carboxylic acids is 2. The Hall–Kier alpha value is -3.52. The van der Waals surface area contributed by atoms with Gasteiger partial charge in [-0.25, -0.2) is 4.79 Å². The molecule has 1 saturated heterocycles. The highest BCUT2D eigenvalue weighted by Gasteiger charge is 2.37. The number of morpholine rings is 1. The number of allylic oxidation sites excluding steroid dienone is 1. The Morgan fingerprint density at radius 3 is 2.50 bits per heavy atom. The molecule has 1 fully saturated rings. The van der Waals surface area contributed by atoms with E-state index in [-0.39, 0.29) is 5.91 Å². The second-order valence-corrected chi connectivity index (χ2v) is 13.3. The zero-order valence-electron chi connectivity index (χ0n) is 26.8. The van der Waals surface area contributed by atoms with Gasteiger partial charge in [0, 0.05) is 29.7 Å². The molecule has 2 aliphatic heterocycles. The van der Waals surface area contributed by atoms with Crippen LogP contribution in [0.1, 0.15) is 78.6 Å². The zero-order valence-corrected chi connectivity index (χ0v) is 26.8. The number of methoxy groups -OCH3 is 1. The highest BCUT2D eigenvalue weighted by atomic mass is 16.6. The number of hydrogen-bond donors (Lipinski definition) is 0. The maximum Gasteiger partial charge on any atom is 0.419 e. The predicted molar refractivity (Wildman–Crippen MR) is 167 cm³/mol. The fourth-order valence-electron chi connectivity index (χ4n) is 5.79. The van der Waals surface area contributed by atoms with Crippen LogP contribution >= 0.6 is 0 Å². The molecular formula is C34H47N3O5. The first-order chi connectivity index (χ1) is 19.6. The molecule has 8 nitrogen and oxygen atoms in total. The van der Waals surface area contributed by atoms with E-state index in [2.05, 4.69) is 37.5 Å². The molecule has 0 spiro atoms. The molecule has 1 amide bonds. The van der Waals surface area contributed by atoms with Gasteiger partial charge in [-0.1, -0.05) is 20.4 Å². The number of rotatable bonds is 6. The molecule has 4 rings (SSSR count). The van der Waals surface area contributed by atoms with Gasteiger partial charge in [0.25, 0.3) is 5.91 Å². The van der Waals surface area contributed by atoms with Gasteiger partial charge in [-0.15, -0.1) is 0 Å². The van der Waals surface area contributed by atoms with E-state index in [1.807, 2.05) is 58.6 Å². The van der Waals surface area contributed by atoms with Crippen LogP contribution in [0.3, 0.4) is 0 Å². The Labute approximate surface area is 250 Å². The van der Waals surface area contributed by atoms with Gasteiger partial charge in [0.05, 0.1) is 37.3 Å². The zero-order chi connectivity index (χ0) is 31.0. The third-order valence-corrected chi connectivity index (χ3v) is 7.80. The normalized spacial score (nSPS) is 18.0. The minimum absolute atomic E-state index is 0.0157. The fourth-order valence-corrected chi connectivity index (χ4v) is 5.79. The standard InChI is InChI=1S/C34H47N3O5/c1-22(2)18-26-19-29-25(20-30(26)40-10)13-14-27(23(3)31(38)36-16-17-41-21-34(36,8)9)37(29)24(4)28-12-11-15-35(28)32(39)42-33(5,6)7/h11-12,15,19-20,22H,4,13-14,16-18,21H2,1-3,5-10H3/b27-23+. The van der Waals surface area contributed by atoms with Crippen LogP contribution in [0.2, 0.25) is 0 Å². The lowest BCUT2D eigenvalue weighted by molar-refractivity contribution is -0.142. The first kappa shape index (κ1) is 31.4. The van der Waals surface area contributed by atoms with Gasteiger partial charge in [-0.05, 0) is 102 Å². The summed E-state index contributed by atoms with van der Waals surface area (Å²) in [7, 11) is 1.71.